The monoisotopic (exact) mass is 431 g/mol. The molecule has 1 aliphatic rings. The molecule has 5 rings (SSSR count). The summed E-state index contributed by atoms with van der Waals surface area (Å²) in [7, 11) is 2.19. The summed E-state index contributed by atoms with van der Waals surface area (Å²) in [5.74, 6) is 0.771. The summed E-state index contributed by atoms with van der Waals surface area (Å²) in [6.45, 7) is 7.56. The number of aryl methyl sites for hydroxylation is 1. The van der Waals surface area contributed by atoms with Gasteiger partial charge in [-0.1, -0.05) is 18.2 Å². The lowest BCUT2D eigenvalue weighted by atomic mass is 10.1. The van der Waals surface area contributed by atoms with Gasteiger partial charge < -0.3 is 20.1 Å². The Labute approximate surface area is 186 Å². The highest BCUT2D eigenvalue weighted by atomic mass is 16.1. The number of anilines is 2. The van der Waals surface area contributed by atoms with Crippen LogP contribution in [0.4, 0.5) is 11.5 Å². The zero-order chi connectivity index (χ0) is 22.1. The molecule has 3 heterocycles. The molecule has 0 radical (unpaired) electrons. The first-order valence-electron chi connectivity index (χ1n) is 11.3. The van der Waals surface area contributed by atoms with E-state index in [1.807, 2.05) is 19.1 Å². The van der Waals surface area contributed by atoms with Crippen molar-refractivity contribution in [3.63, 3.8) is 0 Å². The average Bonchev–Trinajstić information content (AvgIpc) is 2.95. The summed E-state index contributed by atoms with van der Waals surface area (Å²) in [5.41, 5.74) is 4.91. The van der Waals surface area contributed by atoms with Crippen LogP contribution in [0.25, 0.3) is 21.9 Å². The minimum atomic E-state index is -0.0997. The molecule has 0 unspecified atom stereocenters. The van der Waals surface area contributed by atoms with Crippen LogP contribution in [0.2, 0.25) is 0 Å². The summed E-state index contributed by atoms with van der Waals surface area (Å²) >= 11 is 0. The zero-order valence-electron chi connectivity index (χ0n) is 18.6. The molecule has 8 heteroatoms. The highest BCUT2D eigenvalue weighted by molar-refractivity contribution is 5.98. The number of hydrogen-bond donors (Lipinski definition) is 2. The van der Waals surface area contributed by atoms with E-state index in [0.717, 1.165) is 53.9 Å². The average molecular weight is 432 g/mol. The van der Waals surface area contributed by atoms with Crippen molar-refractivity contribution in [2.24, 2.45) is 0 Å². The summed E-state index contributed by atoms with van der Waals surface area (Å²) in [4.78, 5) is 29.0. The molecule has 0 spiro atoms. The summed E-state index contributed by atoms with van der Waals surface area (Å²) < 4.78 is 1.72. The molecular weight excluding hydrogens is 402 g/mol. The van der Waals surface area contributed by atoms with Gasteiger partial charge in [0.2, 0.25) is 0 Å². The van der Waals surface area contributed by atoms with Crippen LogP contribution in [0.3, 0.4) is 0 Å². The van der Waals surface area contributed by atoms with Crippen LogP contribution in [-0.4, -0.2) is 57.6 Å². The third-order valence-corrected chi connectivity index (χ3v) is 6.34. The summed E-state index contributed by atoms with van der Waals surface area (Å²) in [6, 6.07) is 12.5. The Morgan fingerprint density at radius 1 is 1.09 bits per heavy atom. The van der Waals surface area contributed by atoms with Crippen molar-refractivity contribution in [3.8, 4) is 0 Å². The molecule has 4 aromatic rings. The molecule has 0 atom stereocenters. The van der Waals surface area contributed by atoms with Crippen molar-refractivity contribution < 1.29 is 0 Å². The van der Waals surface area contributed by atoms with Crippen molar-refractivity contribution in [1.29, 1.82) is 0 Å². The predicted octanol–water partition coefficient (Wildman–Crippen LogP) is 3.05. The van der Waals surface area contributed by atoms with E-state index in [1.165, 1.54) is 17.7 Å². The number of imidazole rings is 1. The number of aromatic nitrogens is 4. The molecular formula is C24H29N7O. The maximum Gasteiger partial charge on any atom is 0.326 e. The third-order valence-electron chi connectivity index (χ3n) is 6.34. The van der Waals surface area contributed by atoms with Crippen molar-refractivity contribution in [2.75, 3.05) is 43.4 Å². The number of likely N-dealkylation sites (N-methyl/N-ethyl adjacent to an activating group) is 1. The van der Waals surface area contributed by atoms with Gasteiger partial charge in [-0.15, -0.1) is 0 Å². The second kappa shape index (κ2) is 8.63. The minimum absolute atomic E-state index is 0.0997. The van der Waals surface area contributed by atoms with E-state index in [-0.39, 0.29) is 5.69 Å². The number of rotatable bonds is 5. The molecule has 1 saturated heterocycles. The maximum atomic E-state index is 12.2. The van der Waals surface area contributed by atoms with Gasteiger partial charge in [0.1, 0.15) is 12.1 Å². The quantitative estimate of drug-likeness (QED) is 0.506. The molecule has 0 bridgehead atoms. The van der Waals surface area contributed by atoms with Gasteiger partial charge >= 0.3 is 5.69 Å². The SMILES string of the molecule is CCn1c(=O)[nH]c2cc3c(NCc4ccccc4N4CCCN(C)CC4)ncnc3cc21. The molecule has 2 aromatic heterocycles. The molecule has 1 aliphatic heterocycles. The van der Waals surface area contributed by atoms with Crippen LogP contribution >= 0.6 is 0 Å². The van der Waals surface area contributed by atoms with Gasteiger partial charge in [-0.05, 0) is 50.7 Å². The molecule has 2 N–H and O–H groups in total. The fraction of sp³-hybridized carbons (Fsp3) is 0.375. The largest absolute Gasteiger partial charge is 0.370 e. The Kier molecular flexibility index (Phi) is 5.53. The normalized spacial score (nSPS) is 15.4. The molecule has 0 amide bonds. The van der Waals surface area contributed by atoms with E-state index in [4.69, 9.17) is 0 Å². The number of aromatic amines is 1. The first-order chi connectivity index (χ1) is 15.6. The highest BCUT2D eigenvalue weighted by Crippen LogP contribution is 2.27. The van der Waals surface area contributed by atoms with Crippen molar-refractivity contribution in [2.45, 2.75) is 26.4 Å². The van der Waals surface area contributed by atoms with E-state index in [9.17, 15) is 4.79 Å². The summed E-state index contributed by atoms with van der Waals surface area (Å²) in [5, 5.41) is 4.42. The number of nitrogens with zero attached hydrogens (tertiary/aromatic N) is 5. The van der Waals surface area contributed by atoms with Crippen LogP contribution in [0.1, 0.15) is 18.9 Å². The number of hydrogen-bond acceptors (Lipinski definition) is 6. The van der Waals surface area contributed by atoms with Crippen molar-refractivity contribution in [3.05, 3.63) is 58.8 Å². The molecule has 32 heavy (non-hydrogen) atoms. The highest BCUT2D eigenvalue weighted by Gasteiger charge is 2.16. The molecule has 0 aliphatic carbocycles. The van der Waals surface area contributed by atoms with Crippen molar-refractivity contribution >= 4 is 33.4 Å². The number of H-pyrrole nitrogens is 1. The Morgan fingerprint density at radius 3 is 2.84 bits per heavy atom. The van der Waals surface area contributed by atoms with Crippen LogP contribution in [0.15, 0.2) is 47.5 Å². The molecule has 8 nitrogen and oxygen atoms in total. The fourth-order valence-corrected chi connectivity index (χ4v) is 4.60. The Balaban J connectivity index is 1.45. The molecule has 166 valence electrons. The van der Waals surface area contributed by atoms with Crippen LogP contribution in [0.5, 0.6) is 0 Å². The maximum absolute atomic E-state index is 12.2. The zero-order valence-corrected chi connectivity index (χ0v) is 18.6. The van der Waals surface area contributed by atoms with E-state index in [0.29, 0.717) is 13.1 Å². The van der Waals surface area contributed by atoms with Gasteiger partial charge in [-0.25, -0.2) is 14.8 Å². The fourth-order valence-electron chi connectivity index (χ4n) is 4.60. The van der Waals surface area contributed by atoms with Crippen LogP contribution < -0.4 is 15.9 Å². The second-order valence-corrected chi connectivity index (χ2v) is 8.41. The lowest BCUT2D eigenvalue weighted by Crippen LogP contribution is -2.29. The second-order valence-electron chi connectivity index (χ2n) is 8.41. The first-order valence-corrected chi connectivity index (χ1v) is 11.3. The van der Waals surface area contributed by atoms with Crippen molar-refractivity contribution in [1.82, 2.24) is 24.4 Å². The predicted molar refractivity (Wildman–Crippen MR) is 129 cm³/mol. The third kappa shape index (κ3) is 3.82. The lowest BCUT2D eigenvalue weighted by molar-refractivity contribution is 0.360. The number of benzene rings is 2. The Morgan fingerprint density at radius 2 is 1.97 bits per heavy atom. The lowest BCUT2D eigenvalue weighted by Gasteiger charge is -2.25. The van der Waals surface area contributed by atoms with E-state index in [2.05, 4.69) is 61.4 Å². The number of nitrogens with one attached hydrogen (secondary N) is 2. The smallest absolute Gasteiger partial charge is 0.326 e. The van der Waals surface area contributed by atoms with Gasteiger partial charge in [0.15, 0.2) is 0 Å². The van der Waals surface area contributed by atoms with E-state index >= 15 is 0 Å². The van der Waals surface area contributed by atoms with Crippen LogP contribution in [0, 0.1) is 0 Å². The van der Waals surface area contributed by atoms with Gasteiger partial charge in [0, 0.05) is 43.8 Å². The van der Waals surface area contributed by atoms with Gasteiger partial charge in [-0.2, -0.15) is 0 Å². The van der Waals surface area contributed by atoms with E-state index in [1.54, 1.807) is 10.9 Å². The Hall–Kier alpha value is -3.39. The van der Waals surface area contributed by atoms with E-state index < -0.39 is 0 Å². The number of para-hydroxylation sites is 1. The topological polar surface area (TPSA) is 82.1 Å². The number of fused-ring (bicyclic) bond motifs is 2. The van der Waals surface area contributed by atoms with Gasteiger partial charge in [0.05, 0.1) is 16.6 Å². The minimum Gasteiger partial charge on any atom is -0.370 e. The summed E-state index contributed by atoms with van der Waals surface area (Å²) in [6.07, 6.45) is 2.74. The van der Waals surface area contributed by atoms with Crippen LogP contribution in [-0.2, 0) is 13.1 Å². The van der Waals surface area contributed by atoms with Gasteiger partial charge in [-0.3, -0.25) is 4.57 Å². The molecule has 1 fully saturated rings. The first kappa shape index (κ1) is 20.5. The standard InChI is InChI=1S/C24H29N7O/c1-3-31-22-14-19-18(13-20(22)28-24(31)32)23(27-16-26-19)25-15-17-7-4-5-8-21(17)30-10-6-9-29(2)11-12-30/h4-5,7-8,13-14,16H,3,6,9-12,15H2,1-2H3,(H,28,32)(H,25,26,27). The molecule has 2 aromatic carbocycles. The van der Waals surface area contributed by atoms with Gasteiger partial charge in [0.25, 0.3) is 0 Å². The Bertz CT molecular complexity index is 1310. The molecule has 0 saturated carbocycles.